The van der Waals surface area contributed by atoms with Crippen LogP contribution in [0.3, 0.4) is 0 Å². The van der Waals surface area contributed by atoms with E-state index in [1.54, 1.807) is 0 Å². The van der Waals surface area contributed by atoms with Gasteiger partial charge >= 0.3 is 0 Å². The fourth-order valence-electron chi connectivity index (χ4n) is 7.96. The van der Waals surface area contributed by atoms with Crippen molar-refractivity contribution >= 4 is 46.4 Å². The molecule has 0 N–H and O–H groups in total. The molecule has 4 aromatic heterocycles. The quantitative estimate of drug-likeness (QED) is 0.123. The molecular formula is C53H52IrN4OSi-2. The second-order valence-electron chi connectivity index (χ2n) is 17.9. The van der Waals surface area contributed by atoms with Crippen LogP contribution in [0.15, 0.2) is 132 Å². The van der Waals surface area contributed by atoms with Gasteiger partial charge in [-0.25, -0.2) is 4.98 Å². The zero-order valence-corrected chi connectivity index (χ0v) is 39.6. The minimum Gasteiger partial charge on any atom is -0.486 e. The van der Waals surface area contributed by atoms with E-state index >= 15 is 0 Å². The van der Waals surface area contributed by atoms with Gasteiger partial charge in [0.2, 0.25) is 5.71 Å². The molecule has 0 amide bonds. The van der Waals surface area contributed by atoms with Crippen molar-refractivity contribution in [1.82, 2.24) is 19.5 Å². The molecule has 7 heteroatoms. The number of benzene rings is 5. The van der Waals surface area contributed by atoms with Crippen LogP contribution >= 0.6 is 0 Å². The number of furan rings is 1. The maximum absolute atomic E-state index is 6.18. The Labute approximate surface area is 369 Å². The smallest absolute Gasteiger partial charge is 0.216 e. The van der Waals surface area contributed by atoms with E-state index in [-0.39, 0.29) is 25.5 Å². The van der Waals surface area contributed by atoms with Crippen molar-refractivity contribution in [1.29, 1.82) is 0 Å². The van der Waals surface area contributed by atoms with Crippen LogP contribution < -0.4 is 5.19 Å². The van der Waals surface area contributed by atoms with Gasteiger partial charge in [0, 0.05) is 48.5 Å². The summed E-state index contributed by atoms with van der Waals surface area (Å²) in [5, 5.41) is 3.49. The molecule has 0 fully saturated rings. The molecule has 0 saturated carbocycles. The fourth-order valence-corrected chi connectivity index (χ4v) is 9.64. The molecular weight excluding hydrogens is 929 g/mol. The summed E-state index contributed by atoms with van der Waals surface area (Å²) >= 11 is 0. The van der Waals surface area contributed by atoms with E-state index in [4.69, 9.17) is 14.4 Å². The van der Waals surface area contributed by atoms with Crippen LogP contribution in [0.4, 0.5) is 0 Å². The van der Waals surface area contributed by atoms with Gasteiger partial charge in [-0.05, 0) is 89.3 Å². The first-order valence-corrected chi connectivity index (χ1v) is 24.1. The maximum atomic E-state index is 6.18. The molecule has 0 saturated heterocycles. The first-order chi connectivity index (χ1) is 28.2. The molecule has 0 atom stereocenters. The molecule has 0 unspecified atom stereocenters. The van der Waals surface area contributed by atoms with Crippen molar-refractivity contribution in [3.8, 4) is 39.5 Å². The number of nitrogens with zero attached hydrogens (tertiary/aromatic N) is 4. The Morgan fingerprint density at radius 3 is 2.08 bits per heavy atom. The molecule has 0 spiro atoms. The third-order valence-electron chi connectivity index (χ3n) is 11.0. The molecule has 305 valence electrons. The van der Waals surface area contributed by atoms with Crippen LogP contribution in [0.5, 0.6) is 0 Å². The number of aryl methyl sites for hydroxylation is 2. The summed E-state index contributed by atoms with van der Waals surface area (Å²) < 4.78 is 8.46. The van der Waals surface area contributed by atoms with Gasteiger partial charge in [-0.3, -0.25) is 4.98 Å². The molecule has 5 nitrogen and oxygen atoms in total. The molecule has 0 bridgehead atoms. The first-order valence-electron chi connectivity index (χ1n) is 20.6. The Morgan fingerprint density at radius 1 is 0.717 bits per heavy atom. The second kappa shape index (κ2) is 16.9. The van der Waals surface area contributed by atoms with E-state index in [0.717, 1.165) is 61.4 Å². The Morgan fingerprint density at radius 2 is 1.42 bits per heavy atom. The van der Waals surface area contributed by atoms with E-state index in [1.807, 2.05) is 30.3 Å². The number of rotatable bonds is 6. The maximum Gasteiger partial charge on any atom is 0.216 e. The number of aromatic nitrogens is 4. The van der Waals surface area contributed by atoms with Crippen LogP contribution in [-0.4, -0.2) is 27.6 Å². The monoisotopic (exact) mass is 981 g/mol. The zero-order chi connectivity index (χ0) is 41.6. The molecule has 4 heterocycles. The van der Waals surface area contributed by atoms with E-state index < -0.39 is 8.07 Å². The third kappa shape index (κ3) is 8.45. The molecule has 0 aliphatic rings. The van der Waals surface area contributed by atoms with E-state index in [2.05, 4.69) is 187 Å². The van der Waals surface area contributed by atoms with Crippen molar-refractivity contribution < 1.29 is 24.5 Å². The van der Waals surface area contributed by atoms with Crippen molar-refractivity contribution in [3.63, 3.8) is 0 Å². The van der Waals surface area contributed by atoms with E-state index in [1.165, 1.54) is 33.0 Å². The Kier molecular flexibility index (Phi) is 12.0. The van der Waals surface area contributed by atoms with E-state index in [9.17, 15) is 0 Å². The number of hydrogen-bond acceptors (Lipinski definition) is 4. The van der Waals surface area contributed by atoms with Gasteiger partial charge in [0.15, 0.2) is 0 Å². The summed E-state index contributed by atoms with van der Waals surface area (Å²) in [4.78, 5) is 14.6. The van der Waals surface area contributed by atoms with Crippen molar-refractivity contribution in [2.45, 2.75) is 79.4 Å². The van der Waals surface area contributed by atoms with Gasteiger partial charge < -0.3 is 14.0 Å². The molecule has 5 aromatic carbocycles. The molecule has 9 aromatic rings. The van der Waals surface area contributed by atoms with E-state index in [0.29, 0.717) is 11.6 Å². The van der Waals surface area contributed by atoms with Crippen molar-refractivity contribution in [2.75, 3.05) is 0 Å². The van der Waals surface area contributed by atoms with Gasteiger partial charge in [0.1, 0.15) is 0 Å². The SMILES string of the molecule is CC(C)c1cc(-c2[c-]cccc2)ncc1[Si](C)(C)C.Cc1cc(-c2ccccc2)cc(C)c1-n1c(-c2[c-]cc3oc4nc(C(C)(C)C)ccc4c3c2)nc2ccccc21.[Ir]. The summed E-state index contributed by atoms with van der Waals surface area (Å²) in [6.07, 6.45) is 2.09. The second-order valence-corrected chi connectivity index (χ2v) is 23.0. The predicted octanol–water partition coefficient (Wildman–Crippen LogP) is 13.6. The summed E-state index contributed by atoms with van der Waals surface area (Å²) in [5.41, 5.74) is 14.8. The van der Waals surface area contributed by atoms with Gasteiger partial charge in [-0.15, -0.1) is 59.7 Å². The summed E-state index contributed by atoms with van der Waals surface area (Å²) in [6, 6.07) is 48.7. The Bertz CT molecular complexity index is 2930. The average Bonchev–Trinajstić information content (AvgIpc) is 3.78. The molecule has 1 radical (unpaired) electrons. The fraction of sp³-hybridized carbons (Fsp3) is 0.226. The Hall–Kier alpha value is -5.46. The topological polar surface area (TPSA) is 56.7 Å². The number of imidazole rings is 1. The molecule has 9 rings (SSSR count). The number of pyridine rings is 2. The van der Waals surface area contributed by atoms with Crippen LogP contribution in [-0.2, 0) is 25.5 Å². The minimum absolute atomic E-state index is 0. The molecule has 0 aliphatic carbocycles. The van der Waals surface area contributed by atoms with Gasteiger partial charge in [0.05, 0.1) is 30.5 Å². The Balaban J connectivity index is 0.000000230. The molecule has 0 aliphatic heterocycles. The zero-order valence-electron chi connectivity index (χ0n) is 36.2. The van der Waals surface area contributed by atoms with Crippen LogP contribution in [0.2, 0.25) is 19.6 Å². The summed E-state index contributed by atoms with van der Waals surface area (Å²) in [7, 11) is -1.34. The largest absolute Gasteiger partial charge is 0.486 e. The minimum atomic E-state index is -1.34. The number of hydrogen-bond donors (Lipinski definition) is 0. The summed E-state index contributed by atoms with van der Waals surface area (Å²) in [6.45, 7) is 22.5. The predicted molar refractivity (Wildman–Crippen MR) is 250 cm³/mol. The van der Waals surface area contributed by atoms with Crippen LogP contribution in [0, 0.1) is 26.0 Å². The van der Waals surface area contributed by atoms with Crippen molar-refractivity contribution in [2.24, 2.45) is 0 Å². The van der Waals surface area contributed by atoms with Gasteiger partial charge in [0.25, 0.3) is 0 Å². The molecule has 60 heavy (non-hydrogen) atoms. The van der Waals surface area contributed by atoms with Gasteiger partial charge in [-0.1, -0.05) is 114 Å². The number of fused-ring (bicyclic) bond motifs is 4. The number of para-hydroxylation sites is 2. The van der Waals surface area contributed by atoms with Crippen LogP contribution in [0.1, 0.15) is 62.9 Å². The van der Waals surface area contributed by atoms with Crippen molar-refractivity contribution in [3.05, 3.63) is 162 Å². The first kappa shape index (κ1) is 42.7. The standard InChI is InChI=1S/C36H30N3O.C17H22NSi.Ir/c1-22-19-26(24-11-7-6-8-12-24)20-23(2)33(22)39-30-14-10-9-13-29(30)37-34(39)25-15-17-31-28(21-25)27-16-18-32(36(3,4)5)38-35(27)40-31;1-13(2)15-11-16(14-9-7-6-8-10-14)18-12-17(15)19(3,4)5;/h6-14,16-21H,1-5H3;6-9,11-13H,1-5H3;/q2*-1;. The van der Waals surface area contributed by atoms with Gasteiger partial charge in [-0.2, -0.15) is 0 Å². The van der Waals surface area contributed by atoms with Crippen LogP contribution in [0.25, 0.3) is 72.6 Å². The summed E-state index contributed by atoms with van der Waals surface area (Å²) in [5.74, 6) is 1.39. The normalized spacial score (nSPS) is 11.8. The third-order valence-corrected chi connectivity index (χ3v) is 13.0. The average molecular weight is 981 g/mol.